The van der Waals surface area contributed by atoms with E-state index in [0.717, 1.165) is 28.2 Å². The number of carbonyl (C=O) groups is 1. The van der Waals surface area contributed by atoms with E-state index in [1.807, 2.05) is 71.4 Å². The van der Waals surface area contributed by atoms with E-state index in [9.17, 15) is 4.79 Å². The molecule has 6 heteroatoms. The number of amides is 1. The van der Waals surface area contributed by atoms with Gasteiger partial charge in [0, 0.05) is 23.5 Å². The van der Waals surface area contributed by atoms with Gasteiger partial charge in [-0.3, -0.25) is 4.79 Å². The van der Waals surface area contributed by atoms with E-state index < -0.39 is 0 Å². The molecule has 0 spiro atoms. The van der Waals surface area contributed by atoms with Gasteiger partial charge in [0.2, 0.25) is 5.91 Å². The number of nitrogens with zero attached hydrogens (tertiary/aromatic N) is 2. The molecule has 1 N–H and O–H groups in total. The van der Waals surface area contributed by atoms with Gasteiger partial charge < -0.3 is 14.5 Å². The Balaban J connectivity index is 1.27. The molecule has 2 aromatic carbocycles. The molecule has 0 saturated carbocycles. The van der Waals surface area contributed by atoms with Gasteiger partial charge in [0.05, 0.1) is 12.2 Å². The second-order valence-corrected chi connectivity index (χ2v) is 7.17. The van der Waals surface area contributed by atoms with Crippen molar-refractivity contribution in [2.75, 3.05) is 0 Å². The Morgan fingerprint density at radius 2 is 1.90 bits per heavy atom. The molecule has 0 bridgehead atoms. The molecule has 0 aliphatic rings. The minimum absolute atomic E-state index is 0.186. The van der Waals surface area contributed by atoms with E-state index in [1.165, 1.54) is 6.08 Å². The summed E-state index contributed by atoms with van der Waals surface area (Å²) < 4.78 is 7.64. The van der Waals surface area contributed by atoms with Crippen molar-refractivity contribution in [3.63, 3.8) is 0 Å². The molecule has 4 aromatic rings. The van der Waals surface area contributed by atoms with Crippen LogP contribution in [-0.4, -0.2) is 15.3 Å². The van der Waals surface area contributed by atoms with Gasteiger partial charge in [-0.1, -0.05) is 54.1 Å². The van der Waals surface area contributed by atoms with Crippen molar-refractivity contribution >= 4 is 29.2 Å². The van der Waals surface area contributed by atoms with Crippen LogP contribution in [-0.2, 0) is 17.9 Å². The molecule has 2 aromatic heterocycles. The summed E-state index contributed by atoms with van der Waals surface area (Å²) in [6.07, 6.45) is 6.97. The first kappa shape index (κ1) is 19.7. The quantitative estimate of drug-likeness (QED) is 0.435. The molecule has 0 unspecified atom stereocenters. The van der Waals surface area contributed by atoms with Crippen LogP contribution < -0.4 is 10.1 Å². The third-order valence-corrected chi connectivity index (χ3v) is 4.71. The molecule has 5 nitrogen and oxygen atoms in total. The maximum Gasteiger partial charge on any atom is 0.244 e. The van der Waals surface area contributed by atoms with Crippen molar-refractivity contribution in [2.24, 2.45) is 0 Å². The number of imidazole rings is 1. The maximum absolute atomic E-state index is 12.1. The summed E-state index contributed by atoms with van der Waals surface area (Å²) in [4.78, 5) is 16.5. The van der Waals surface area contributed by atoms with Crippen molar-refractivity contribution in [1.29, 1.82) is 0 Å². The minimum Gasteiger partial charge on any atom is -0.489 e. The summed E-state index contributed by atoms with van der Waals surface area (Å²) in [7, 11) is 0. The second-order valence-electron chi connectivity index (χ2n) is 6.74. The molecule has 0 aliphatic heterocycles. The van der Waals surface area contributed by atoms with Crippen LogP contribution in [0.25, 0.3) is 11.7 Å². The number of halogens is 1. The van der Waals surface area contributed by atoms with Gasteiger partial charge >= 0.3 is 0 Å². The molecule has 4 rings (SSSR count). The lowest BCUT2D eigenvalue weighted by molar-refractivity contribution is -0.116. The number of carbonyl (C=O) groups excluding carboxylic acids is 1. The normalized spacial score (nSPS) is 11.1. The molecule has 0 saturated heterocycles. The monoisotopic (exact) mass is 417 g/mol. The zero-order chi connectivity index (χ0) is 20.8. The highest BCUT2D eigenvalue weighted by molar-refractivity contribution is 6.30. The average Bonchev–Trinajstić information content (AvgIpc) is 3.18. The smallest absolute Gasteiger partial charge is 0.244 e. The Morgan fingerprint density at radius 1 is 1.10 bits per heavy atom. The maximum atomic E-state index is 12.1. The Morgan fingerprint density at radius 3 is 2.70 bits per heavy atom. The van der Waals surface area contributed by atoms with E-state index in [-0.39, 0.29) is 5.91 Å². The molecule has 30 heavy (non-hydrogen) atoms. The van der Waals surface area contributed by atoms with Gasteiger partial charge in [0.25, 0.3) is 0 Å². The number of benzene rings is 2. The fourth-order valence-electron chi connectivity index (χ4n) is 2.92. The van der Waals surface area contributed by atoms with Crippen molar-refractivity contribution in [1.82, 2.24) is 14.7 Å². The second kappa shape index (κ2) is 9.29. The fourth-order valence-corrected chi connectivity index (χ4v) is 3.07. The molecule has 150 valence electrons. The first-order valence-electron chi connectivity index (χ1n) is 9.51. The summed E-state index contributed by atoms with van der Waals surface area (Å²) in [5.41, 5.74) is 3.54. The molecule has 2 heterocycles. The summed E-state index contributed by atoms with van der Waals surface area (Å²) >= 11 is 5.97. The SMILES string of the molecule is O=C(/C=C/c1ccc(OCc2ccccc2)cc1)NCc1cn2ccc(Cl)cc2n1. The number of aromatic nitrogens is 2. The highest BCUT2D eigenvalue weighted by Crippen LogP contribution is 2.15. The Kier molecular flexibility index (Phi) is 6.11. The Hall–Kier alpha value is -3.57. The zero-order valence-corrected chi connectivity index (χ0v) is 16.9. The van der Waals surface area contributed by atoms with Crippen LogP contribution >= 0.6 is 11.6 Å². The Bertz CT molecular complexity index is 1170. The lowest BCUT2D eigenvalue weighted by atomic mass is 10.2. The zero-order valence-electron chi connectivity index (χ0n) is 16.2. The average molecular weight is 418 g/mol. The van der Waals surface area contributed by atoms with Crippen molar-refractivity contribution in [3.8, 4) is 5.75 Å². The van der Waals surface area contributed by atoms with Crippen LogP contribution in [0.2, 0.25) is 5.02 Å². The van der Waals surface area contributed by atoms with E-state index in [2.05, 4.69) is 10.3 Å². The van der Waals surface area contributed by atoms with Gasteiger partial charge in [-0.2, -0.15) is 0 Å². The van der Waals surface area contributed by atoms with Crippen molar-refractivity contribution in [2.45, 2.75) is 13.2 Å². The first-order chi connectivity index (χ1) is 14.7. The van der Waals surface area contributed by atoms with Crippen LogP contribution in [0.15, 0.2) is 85.2 Å². The summed E-state index contributed by atoms with van der Waals surface area (Å²) in [6, 6.07) is 21.2. The Labute approximate surface area is 179 Å². The van der Waals surface area contributed by atoms with Crippen LogP contribution in [0.4, 0.5) is 0 Å². The number of hydrogen-bond donors (Lipinski definition) is 1. The largest absolute Gasteiger partial charge is 0.489 e. The van der Waals surface area contributed by atoms with E-state index in [4.69, 9.17) is 16.3 Å². The lowest BCUT2D eigenvalue weighted by Crippen LogP contribution is -2.20. The molecular formula is C24H20ClN3O2. The predicted molar refractivity (Wildman–Crippen MR) is 118 cm³/mol. The van der Waals surface area contributed by atoms with Gasteiger partial charge in [-0.15, -0.1) is 0 Å². The highest BCUT2D eigenvalue weighted by atomic mass is 35.5. The van der Waals surface area contributed by atoms with E-state index in [1.54, 1.807) is 18.2 Å². The number of pyridine rings is 1. The summed E-state index contributed by atoms with van der Waals surface area (Å²) in [5.74, 6) is 0.599. The molecular weight excluding hydrogens is 398 g/mol. The highest BCUT2D eigenvalue weighted by Gasteiger charge is 2.03. The molecule has 0 aliphatic carbocycles. The molecule has 0 radical (unpaired) electrons. The predicted octanol–water partition coefficient (Wildman–Crippen LogP) is 4.90. The number of rotatable bonds is 7. The van der Waals surface area contributed by atoms with Crippen molar-refractivity contribution in [3.05, 3.63) is 107 Å². The number of ether oxygens (including phenoxy) is 1. The van der Waals surface area contributed by atoms with Crippen LogP contribution in [0.3, 0.4) is 0 Å². The fraction of sp³-hybridized carbons (Fsp3) is 0.0833. The number of nitrogens with one attached hydrogen (secondary N) is 1. The standard InChI is InChI=1S/C24H20ClN3O2/c25-20-12-13-28-16-21(27-23(28)14-20)15-26-24(29)11-8-18-6-9-22(10-7-18)30-17-19-4-2-1-3-5-19/h1-14,16H,15,17H2,(H,26,29)/b11-8+. The van der Waals surface area contributed by atoms with E-state index in [0.29, 0.717) is 18.2 Å². The number of hydrogen-bond acceptors (Lipinski definition) is 3. The lowest BCUT2D eigenvalue weighted by Gasteiger charge is -2.06. The first-order valence-corrected chi connectivity index (χ1v) is 9.89. The van der Waals surface area contributed by atoms with Gasteiger partial charge in [0.15, 0.2) is 0 Å². The van der Waals surface area contributed by atoms with Gasteiger partial charge in [0.1, 0.15) is 18.0 Å². The van der Waals surface area contributed by atoms with Crippen molar-refractivity contribution < 1.29 is 9.53 Å². The topological polar surface area (TPSA) is 55.6 Å². The van der Waals surface area contributed by atoms with Gasteiger partial charge in [-0.25, -0.2) is 4.98 Å². The van der Waals surface area contributed by atoms with Crippen LogP contribution in [0, 0.1) is 0 Å². The third-order valence-electron chi connectivity index (χ3n) is 4.47. The summed E-state index contributed by atoms with van der Waals surface area (Å²) in [6.45, 7) is 0.864. The summed E-state index contributed by atoms with van der Waals surface area (Å²) in [5, 5.41) is 3.46. The van der Waals surface area contributed by atoms with Crippen LogP contribution in [0.5, 0.6) is 5.75 Å². The molecule has 0 atom stereocenters. The van der Waals surface area contributed by atoms with Crippen LogP contribution in [0.1, 0.15) is 16.8 Å². The molecule has 1 amide bonds. The minimum atomic E-state index is -0.186. The number of fused-ring (bicyclic) bond motifs is 1. The van der Waals surface area contributed by atoms with Gasteiger partial charge in [-0.05, 0) is 41.5 Å². The molecule has 0 fully saturated rings. The van der Waals surface area contributed by atoms with E-state index >= 15 is 0 Å². The third kappa shape index (κ3) is 5.27.